The molecule has 0 fully saturated rings. The van der Waals surface area contributed by atoms with Crippen molar-refractivity contribution in [2.24, 2.45) is 0 Å². The summed E-state index contributed by atoms with van der Waals surface area (Å²) in [5, 5.41) is 4.69. The van der Waals surface area contributed by atoms with Crippen LogP contribution in [0, 0.1) is 0 Å². The zero-order chi connectivity index (χ0) is 22.2. The lowest BCUT2D eigenvalue weighted by molar-refractivity contribution is -0.154. The molecule has 0 spiro atoms. The molecule has 3 rings (SSSR count). The van der Waals surface area contributed by atoms with Crippen molar-refractivity contribution in [3.8, 4) is 28.4 Å². The van der Waals surface area contributed by atoms with E-state index < -0.39 is 18.5 Å². The van der Waals surface area contributed by atoms with Gasteiger partial charge in [0.05, 0.1) is 27.0 Å². The molecule has 0 aliphatic heterocycles. The van der Waals surface area contributed by atoms with Crippen LogP contribution in [-0.2, 0) is 19.1 Å². The fourth-order valence-electron chi connectivity index (χ4n) is 2.83. The molecule has 1 aromatic heterocycles. The number of para-hydroxylation sites is 1. The van der Waals surface area contributed by atoms with E-state index in [1.165, 1.54) is 13.2 Å². The van der Waals surface area contributed by atoms with Gasteiger partial charge in [-0.1, -0.05) is 18.2 Å². The molecular weight excluding hydrogens is 400 g/mol. The topological polar surface area (TPSA) is 88.9 Å². The van der Waals surface area contributed by atoms with Gasteiger partial charge < -0.3 is 18.9 Å². The van der Waals surface area contributed by atoms with E-state index in [0.717, 1.165) is 11.3 Å². The van der Waals surface area contributed by atoms with Gasteiger partial charge in [-0.2, -0.15) is 5.10 Å². The van der Waals surface area contributed by atoms with Crippen molar-refractivity contribution >= 4 is 18.0 Å². The number of aromatic nitrogens is 2. The summed E-state index contributed by atoms with van der Waals surface area (Å²) in [4.78, 5) is 23.1. The first-order valence-electron chi connectivity index (χ1n) is 9.35. The molecule has 3 aromatic rings. The van der Waals surface area contributed by atoms with Crippen molar-refractivity contribution in [2.45, 2.75) is 0 Å². The highest BCUT2D eigenvalue weighted by atomic mass is 16.6. The third kappa shape index (κ3) is 5.30. The average molecular weight is 422 g/mol. The molecule has 0 saturated heterocycles. The Labute approximate surface area is 179 Å². The fraction of sp³-hybridized carbons (Fsp3) is 0.174. The van der Waals surface area contributed by atoms with E-state index in [0.29, 0.717) is 22.8 Å². The van der Waals surface area contributed by atoms with Crippen LogP contribution < -0.4 is 9.47 Å². The van der Waals surface area contributed by atoms with Crippen LogP contribution in [0.4, 0.5) is 0 Å². The molecule has 0 unspecified atom stereocenters. The quantitative estimate of drug-likeness (QED) is 0.407. The van der Waals surface area contributed by atoms with E-state index >= 15 is 0 Å². The highest BCUT2D eigenvalue weighted by Gasteiger charge is 2.14. The van der Waals surface area contributed by atoms with E-state index in [2.05, 4.69) is 9.84 Å². The SMILES string of the molecule is COC(=O)COC(=O)/C=C/c1cn(-c2ccccc2)nc1-c1ccc(OC)c(OC)c1. The third-order valence-corrected chi connectivity index (χ3v) is 4.38. The average Bonchev–Trinajstić information content (AvgIpc) is 3.25. The van der Waals surface area contributed by atoms with E-state index in [4.69, 9.17) is 14.2 Å². The number of esters is 2. The van der Waals surface area contributed by atoms with Crippen molar-refractivity contribution in [2.75, 3.05) is 27.9 Å². The highest BCUT2D eigenvalue weighted by Crippen LogP contribution is 2.33. The molecule has 31 heavy (non-hydrogen) atoms. The highest BCUT2D eigenvalue weighted by molar-refractivity contribution is 5.90. The molecule has 0 amide bonds. The van der Waals surface area contributed by atoms with Crippen LogP contribution in [0.2, 0.25) is 0 Å². The van der Waals surface area contributed by atoms with Crippen LogP contribution in [0.25, 0.3) is 23.0 Å². The van der Waals surface area contributed by atoms with Crippen molar-refractivity contribution in [1.82, 2.24) is 9.78 Å². The molecule has 1 heterocycles. The molecule has 0 atom stereocenters. The van der Waals surface area contributed by atoms with Gasteiger partial charge in [0.2, 0.25) is 0 Å². The number of ether oxygens (including phenoxy) is 4. The molecule has 0 radical (unpaired) electrons. The van der Waals surface area contributed by atoms with Gasteiger partial charge in [-0.25, -0.2) is 14.3 Å². The summed E-state index contributed by atoms with van der Waals surface area (Å²) >= 11 is 0. The molecule has 160 valence electrons. The van der Waals surface area contributed by atoms with Crippen molar-refractivity contribution < 1.29 is 28.5 Å². The van der Waals surface area contributed by atoms with Crippen LogP contribution in [0.3, 0.4) is 0 Å². The largest absolute Gasteiger partial charge is 0.493 e. The summed E-state index contributed by atoms with van der Waals surface area (Å²) in [5.41, 5.74) is 2.93. The molecule has 2 aromatic carbocycles. The number of carbonyl (C=O) groups is 2. The normalized spacial score (nSPS) is 10.7. The maximum atomic E-state index is 12.0. The summed E-state index contributed by atoms with van der Waals surface area (Å²) in [6, 6.07) is 15.0. The number of nitrogens with zero attached hydrogens (tertiary/aromatic N) is 2. The second-order valence-corrected chi connectivity index (χ2v) is 6.30. The predicted octanol–water partition coefficient (Wildman–Crippen LogP) is 3.29. The first-order valence-corrected chi connectivity index (χ1v) is 9.35. The Balaban J connectivity index is 1.97. The molecular formula is C23H22N2O6. The van der Waals surface area contributed by atoms with Gasteiger partial charge in [0.25, 0.3) is 0 Å². The smallest absolute Gasteiger partial charge is 0.344 e. The monoisotopic (exact) mass is 422 g/mol. The van der Waals surface area contributed by atoms with E-state index in [-0.39, 0.29) is 0 Å². The Morgan fingerprint density at radius 3 is 2.42 bits per heavy atom. The number of carbonyl (C=O) groups excluding carboxylic acids is 2. The number of benzene rings is 2. The molecule has 8 heteroatoms. The maximum absolute atomic E-state index is 12.0. The van der Waals surface area contributed by atoms with Crippen LogP contribution in [0.5, 0.6) is 11.5 Å². The van der Waals surface area contributed by atoms with Crippen molar-refractivity contribution in [3.63, 3.8) is 0 Å². The van der Waals surface area contributed by atoms with E-state index in [1.807, 2.05) is 42.5 Å². The minimum atomic E-state index is -0.670. The van der Waals surface area contributed by atoms with Gasteiger partial charge in [0.15, 0.2) is 18.1 Å². The second kappa shape index (κ2) is 10.1. The summed E-state index contributed by atoms with van der Waals surface area (Å²) in [5.74, 6) is -0.153. The van der Waals surface area contributed by atoms with Gasteiger partial charge >= 0.3 is 11.9 Å². The first kappa shape index (κ1) is 21.6. The fourth-order valence-corrected chi connectivity index (χ4v) is 2.83. The van der Waals surface area contributed by atoms with Gasteiger partial charge in [-0.05, 0) is 36.4 Å². The minimum Gasteiger partial charge on any atom is -0.493 e. The minimum absolute atomic E-state index is 0.453. The van der Waals surface area contributed by atoms with Gasteiger partial charge in [-0.15, -0.1) is 0 Å². The molecule has 0 aliphatic rings. The first-order chi connectivity index (χ1) is 15.0. The summed E-state index contributed by atoms with van der Waals surface area (Å²) in [7, 11) is 4.34. The molecule has 8 nitrogen and oxygen atoms in total. The second-order valence-electron chi connectivity index (χ2n) is 6.30. The third-order valence-electron chi connectivity index (χ3n) is 4.38. The number of rotatable bonds is 8. The van der Waals surface area contributed by atoms with E-state index in [1.54, 1.807) is 37.2 Å². The lowest BCUT2D eigenvalue weighted by atomic mass is 10.1. The predicted molar refractivity (Wildman–Crippen MR) is 114 cm³/mol. The lowest BCUT2D eigenvalue weighted by Crippen LogP contribution is -2.13. The van der Waals surface area contributed by atoms with Crippen molar-refractivity contribution in [3.05, 3.63) is 66.4 Å². The summed E-state index contributed by atoms with van der Waals surface area (Å²) < 4.78 is 21.7. The zero-order valence-corrected chi connectivity index (χ0v) is 17.4. The summed E-state index contributed by atoms with van der Waals surface area (Å²) in [6.07, 6.45) is 4.61. The molecule has 0 N–H and O–H groups in total. The van der Waals surface area contributed by atoms with Crippen LogP contribution in [0.1, 0.15) is 5.56 Å². The number of hydrogen-bond donors (Lipinski definition) is 0. The number of methoxy groups -OCH3 is 3. The Bertz CT molecular complexity index is 1090. The van der Waals surface area contributed by atoms with Crippen LogP contribution in [-0.4, -0.2) is 49.7 Å². The van der Waals surface area contributed by atoms with Gasteiger partial charge in [0.1, 0.15) is 5.69 Å². The van der Waals surface area contributed by atoms with Gasteiger partial charge in [-0.3, -0.25) is 0 Å². The van der Waals surface area contributed by atoms with Crippen LogP contribution >= 0.6 is 0 Å². The zero-order valence-electron chi connectivity index (χ0n) is 17.4. The van der Waals surface area contributed by atoms with Gasteiger partial charge in [0, 0.05) is 23.4 Å². The standard InChI is InChI=1S/C23H22N2O6/c1-28-19-11-9-16(13-20(19)29-2)23-17(10-12-21(26)31-15-22(27)30-3)14-25(24-23)18-7-5-4-6-8-18/h4-14H,15H2,1-3H3/b12-10+. The Morgan fingerprint density at radius 2 is 1.74 bits per heavy atom. The molecule has 0 bridgehead atoms. The summed E-state index contributed by atoms with van der Waals surface area (Å²) in [6.45, 7) is -0.453. The number of hydrogen-bond acceptors (Lipinski definition) is 7. The Morgan fingerprint density at radius 1 is 1.00 bits per heavy atom. The lowest BCUT2D eigenvalue weighted by Gasteiger charge is -2.09. The molecule has 0 saturated carbocycles. The van der Waals surface area contributed by atoms with Crippen molar-refractivity contribution in [1.29, 1.82) is 0 Å². The maximum Gasteiger partial charge on any atom is 0.344 e. The van der Waals surface area contributed by atoms with Crippen LogP contribution in [0.15, 0.2) is 60.8 Å². The Hall–Kier alpha value is -4.07. The Kier molecular flexibility index (Phi) is 7.05. The van der Waals surface area contributed by atoms with E-state index in [9.17, 15) is 9.59 Å². The molecule has 0 aliphatic carbocycles.